The molecule has 0 saturated carbocycles. The summed E-state index contributed by atoms with van der Waals surface area (Å²) in [5, 5.41) is 2.67. The molecule has 0 atom stereocenters. The number of para-hydroxylation sites is 1. The molecular formula is C15H19NO5. The normalized spacial score (nSPS) is 9.81. The maximum atomic E-state index is 12.0. The van der Waals surface area contributed by atoms with Gasteiger partial charge in [-0.2, -0.15) is 0 Å². The van der Waals surface area contributed by atoms with Crippen LogP contribution >= 0.6 is 0 Å². The maximum absolute atomic E-state index is 12.0. The predicted molar refractivity (Wildman–Crippen MR) is 76.0 cm³/mol. The third-order valence-electron chi connectivity index (χ3n) is 2.53. The topological polar surface area (TPSA) is 81.7 Å². The molecule has 1 aromatic rings. The second-order valence-electron chi connectivity index (χ2n) is 4.25. The van der Waals surface area contributed by atoms with Gasteiger partial charge in [-0.1, -0.05) is 12.1 Å². The van der Waals surface area contributed by atoms with Crippen LogP contribution in [-0.4, -0.2) is 31.0 Å². The van der Waals surface area contributed by atoms with Crippen molar-refractivity contribution in [1.29, 1.82) is 0 Å². The Morgan fingerprint density at radius 2 is 1.90 bits per heavy atom. The minimum Gasteiger partial charge on any atom is -0.466 e. The molecule has 0 aliphatic heterocycles. The van der Waals surface area contributed by atoms with Gasteiger partial charge < -0.3 is 14.8 Å². The first-order valence-electron chi connectivity index (χ1n) is 6.75. The quantitative estimate of drug-likeness (QED) is 0.470. The lowest BCUT2D eigenvalue weighted by atomic mass is 10.2. The first-order chi connectivity index (χ1) is 10.0. The van der Waals surface area contributed by atoms with Crippen LogP contribution in [0.25, 0.3) is 0 Å². The van der Waals surface area contributed by atoms with Crippen LogP contribution in [0, 0.1) is 0 Å². The number of nitrogens with one attached hydrogen (secondary N) is 1. The van der Waals surface area contributed by atoms with Crippen LogP contribution in [0.1, 0.15) is 37.0 Å². The summed E-state index contributed by atoms with van der Waals surface area (Å²) in [5.74, 6) is -0.909. The maximum Gasteiger partial charge on any atom is 0.308 e. The van der Waals surface area contributed by atoms with Gasteiger partial charge in [-0.25, -0.2) is 0 Å². The van der Waals surface area contributed by atoms with Gasteiger partial charge in [0.05, 0.1) is 12.2 Å². The Kier molecular flexibility index (Phi) is 6.94. The molecule has 0 bridgehead atoms. The van der Waals surface area contributed by atoms with Gasteiger partial charge in [-0.05, 0) is 25.5 Å². The van der Waals surface area contributed by atoms with Gasteiger partial charge in [0.1, 0.15) is 5.75 Å². The van der Waals surface area contributed by atoms with Crippen LogP contribution in [0.3, 0.4) is 0 Å². The molecule has 0 saturated heterocycles. The average molecular weight is 293 g/mol. The Balaban J connectivity index is 2.49. The van der Waals surface area contributed by atoms with Crippen LogP contribution in [-0.2, 0) is 14.3 Å². The molecule has 0 unspecified atom stereocenters. The smallest absolute Gasteiger partial charge is 0.308 e. The van der Waals surface area contributed by atoms with Crippen molar-refractivity contribution < 1.29 is 23.9 Å². The number of carbonyl (C=O) groups excluding carboxylic acids is 3. The molecule has 0 aromatic heterocycles. The summed E-state index contributed by atoms with van der Waals surface area (Å²) in [6.45, 7) is 3.70. The predicted octanol–water partition coefficient (Wildman–Crippen LogP) is 1.68. The van der Waals surface area contributed by atoms with Crippen molar-refractivity contribution in [3.8, 4) is 5.75 Å². The number of amides is 1. The van der Waals surface area contributed by atoms with Gasteiger partial charge in [0.2, 0.25) is 0 Å². The highest BCUT2D eigenvalue weighted by Crippen LogP contribution is 2.17. The van der Waals surface area contributed by atoms with Gasteiger partial charge in [-0.15, -0.1) is 0 Å². The summed E-state index contributed by atoms with van der Waals surface area (Å²) in [5.41, 5.74) is 0.281. The van der Waals surface area contributed by atoms with E-state index in [0.29, 0.717) is 19.6 Å². The third-order valence-corrected chi connectivity index (χ3v) is 2.53. The fourth-order valence-electron chi connectivity index (χ4n) is 1.66. The highest BCUT2D eigenvalue weighted by atomic mass is 16.5. The van der Waals surface area contributed by atoms with Crippen molar-refractivity contribution in [2.45, 2.75) is 26.7 Å². The molecule has 1 aromatic carbocycles. The molecule has 6 nitrogen and oxygen atoms in total. The van der Waals surface area contributed by atoms with E-state index >= 15 is 0 Å². The van der Waals surface area contributed by atoms with Gasteiger partial charge >= 0.3 is 11.9 Å². The number of hydrogen-bond donors (Lipinski definition) is 1. The van der Waals surface area contributed by atoms with Crippen molar-refractivity contribution in [3.63, 3.8) is 0 Å². The first-order valence-corrected chi connectivity index (χ1v) is 6.75. The zero-order valence-corrected chi connectivity index (χ0v) is 12.2. The molecule has 0 heterocycles. The lowest BCUT2D eigenvalue weighted by Crippen LogP contribution is -2.25. The standard InChI is InChI=1S/C15H19NO5/c1-3-20-14(18)9-6-10-16-15(19)12-7-4-5-8-13(12)21-11(2)17/h4-5,7-8H,3,6,9-10H2,1-2H3,(H,16,19). The van der Waals surface area contributed by atoms with Crippen LogP contribution in [0.5, 0.6) is 5.75 Å². The van der Waals surface area contributed by atoms with E-state index in [1.54, 1.807) is 31.2 Å². The number of ether oxygens (including phenoxy) is 2. The van der Waals surface area contributed by atoms with E-state index in [2.05, 4.69) is 5.32 Å². The number of esters is 2. The average Bonchev–Trinajstić information content (AvgIpc) is 2.43. The molecule has 0 radical (unpaired) electrons. The van der Waals surface area contributed by atoms with Crippen LogP contribution in [0.2, 0.25) is 0 Å². The molecule has 0 aliphatic rings. The molecule has 1 rings (SSSR count). The summed E-state index contributed by atoms with van der Waals surface area (Å²) in [4.78, 5) is 34.1. The largest absolute Gasteiger partial charge is 0.466 e. The number of hydrogen-bond acceptors (Lipinski definition) is 5. The van der Waals surface area contributed by atoms with Gasteiger partial charge in [0.25, 0.3) is 5.91 Å². The molecule has 0 aliphatic carbocycles. The van der Waals surface area contributed by atoms with Crippen molar-refractivity contribution in [2.75, 3.05) is 13.2 Å². The Morgan fingerprint density at radius 3 is 2.57 bits per heavy atom. The zero-order chi connectivity index (χ0) is 15.7. The SMILES string of the molecule is CCOC(=O)CCCNC(=O)c1ccccc1OC(C)=O. The van der Waals surface area contributed by atoms with Gasteiger partial charge in [0, 0.05) is 19.9 Å². The number of carbonyl (C=O) groups is 3. The number of rotatable bonds is 7. The summed E-state index contributed by atoms with van der Waals surface area (Å²) in [7, 11) is 0. The second kappa shape index (κ2) is 8.73. The van der Waals surface area contributed by atoms with Gasteiger partial charge in [0.15, 0.2) is 0 Å². The van der Waals surface area contributed by atoms with Crippen LogP contribution in [0.4, 0.5) is 0 Å². The molecule has 1 amide bonds. The molecule has 6 heteroatoms. The minimum absolute atomic E-state index is 0.216. The highest BCUT2D eigenvalue weighted by Gasteiger charge is 2.13. The summed E-state index contributed by atoms with van der Waals surface area (Å²) in [6, 6.07) is 6.48. The van der Waals surface area contributed by atoms with E-state index in [1.165, 1.54) is 6.92 Å². The first kappa shape index (κ1) is 16.7. The van der Waals surface area contributed by atoms with Crippen molar-refractivity contribution in [1.82, 2.24) is 5.32 Å². The van der Waals surface area contributed by atoms with E-state index in [9.17, 15) is 14.4 Å². The Hall–Kier alpha value is -2.37. The molecule has 0 fully saturated rings. The van der Waals surface area contributed by atoms with E-state index in [-0.39, 0.29) is 29.6 Å². The molecule has 114 valence electrons. The van der Waals surface area contributed by atoms with Crippen LogP contribution in [0.15, 0.2) is 24.3 Å². The van der Waals surface area contributed by atoms with Crippen molar-refractivity contribution in [3.05, 3.63) is 29.8 Å². The van der Waals surface area contributed by atoms with E-state index in [0.717, 1.165) is 0 Å². The fourth-order valence-corrected chi connectivity index (χ4v) is 1.66. The van der Waals surface area contributed by atoms with E-state index < -0.39 is 5.97 Å². The van der Waals surface area contributed by atoms with Gasteiger partial charge in [-0.3, -0.25) is 14.4 Å². The Bertz CT molecular complexity index is 513. The van der Waals surface area contributed by atoms with Crippen LogP contribution < -0.4 is 10.1 Å². The lowest BCUT2D eigenvalue weighted by Gasteiger charge is -2.09. The van der Waals surface area contributed by atoms with Crippen molar-refractivity contribution in [2.24, 2.45) is 0 Å². The monoisotopic (exact) mass is 293 g/mol. The Labute approximate surface area is 123 Å². The zero-order valence-electron chi connectivity index (χ0n) is 12.2. The molecular weight excluding hydrogens is 274 g/mol. The molecule has 21 heavy (non-hydrogen) atoms. The Morgan fingerprint density at radius 1 is 1.19 bits per heavy atom. The summed E-state index contributed by atoms with van der Waals surface area (Å²) < 4.78 is 9.76. The van der Waals surface area contributed by atoms with E-state index in [1.807, 2.05) is 0 Å². The fraction of sp³-hybridized carbons (Fsp3) is 0.400. The van der Waals surface area contributed by atoms with Crippen molar-refractivity contribution >= 4 is 17.8 Å². The molecule has 0 spiro atoms. The number of benzene rings is 1. The molecule has 1 N–H and O–H groups in total. The lowest BCUT2D eigenvalue weighted by molar-refractivity contribution is -0.143. The summed E-state index contributed by atoms with van der Waals surface area (Å²) in [6.07, 6.45) is 0.736. The van der Waals surface area contributed by atoms with E-state index in [4.69, 9.17) is 9.47 Å². The highest BCUT2D eigenvalue weighted by molar-refractivity contribution is 5.97. The summed E-state index contributed by atoms with van der Waals surface area (Å²) >= 11 is 0. The third kappa shape index (κ3) is 6.07. The second-order valence-corrected chi connectivity index (χ2v) is 4.25. The minimum atomic E-state index is -0.488.